The summed E-state index contributed by atoms with van der Waals surface area (Å²) in [4.78, 5) is 50.8. The first kappa shape index (κ1) is 28.9. The van der Waals surface area contributed by atoms with Gasteiger partial charge in [0.1, 0.15) is 24.8 Å². The maximum atomic E-state index is 12.8. The largest absolute Gasteiger partial charge is 0.445 e. The van der Waals surface area contributed by atoms with Crippen molar-refractivity contribution in [3.05, 3.63) is 35.9 Å². The number of nitrogens with zero attached hydrogens (tertiary/aromatic N) is 1. The number of ether oxygens (including phenoxy) is 2. The van der Waals surface area contributed by atoms with Gasteiger partial charge in [-0.3, -0.25) is 9.59 Å². The number of benzene rings is 1. The van der Waals surface area contributed by atoms with Gasteiger partial charge < -0.3 is 30.3 Å². The first-order chi connectivity index (χ1) is 17.0. The molecule has 36 heavy (non-hydrogen) atoms. The summed E-state index contributed by atoms with van der Waals surface area (Å²) in [6.07, 6.45) is 1.56. The molecule has 1 heterocycles. The molecule has 0 aromatic heterocycles. The molecule has 0 saturated carbocycles. The Kier molecular flexibility index (Phi) is 11.5. The van der Waals surface area contributed by atoms with E-state index in [0.717, 1.165) is 12.0 Å². The molecule has 1 fully saturated rings. The Morgan fingerprint density at radius 3 is 2.31 bits per heavy atom. The van der Waals surface area contributed by atoms with Crippen LogP contribution in [0.25, 0.3) is 0 Å². The molecule has 1 aromatic carbocycles. The van der Waals surface area contributed by atoms with Crippen LogP contribution in [0, 0.1) is 5.92 Å². The van der Waals surface area contributed by atoms with Crippen LogP contribution in [0.2, 0.25) is 0 Å². The average Bonchev–Trinajstić information content (AvgIpc) is 2.82. The quantitative estimate of drug-likeness (QED) is 0.421. The van der Waals surface area contributed by atoms with Gasteiger partial charge in [-0.1, -0.05) is 37.3 Å². The molecule has 2 atom stereocenters. The van der Waals surface area contributed by atoms with E-state index in [1.807, 2.05) is 30.3 Å². The third-order valence-corrected chi connectivity index (χ3v) is 5.66. The van der Waals surface area contributed by atoms with Crippen molar-refractivity contribution >= 4 is 24.0 Å². The van der Waals surface area contributed by atoms with Crippen molar-refractivity contribution in [3.63, 3.8) is 0 Å². The van der Waals surface area contributed by atoms with Crippen LogP contribution in [0.3, 0.4) is 0 Å². The summed E-state index contributed by atoms with van der Waals surface area (Å²) in [5, 5.41) is 8.07. The van der Waals surface area contributed by atoms with Crippen molar-refractivity contribution in [2.45, 2.75) is 71.6 Å². The number of alkyl carbamates (subject to hydrolysis) is 2. The summed E-state index contributed by atoms with van der Waals surface area (Å²) in [7, 11) is 0. The van der Waals surface area contributed by atoms with Crippen molar-refractivity contribution in [1.82, 2.24) is 20.9 Å². The summed E-state index contributed by atoms with van der Waals surface area (Å²) >= 11 is 0. The van der Waals surface area contributed by atoms with Gasteiger partial charge in [0.25, 0.3) is 0 Å². The molecular weight excluding hydrogens is 464 g/mol. The standard InChI is InChI=1S/C26H40N4O6/c1-19-12-15-30(22(31)17-29-25(34)36-26(2,3)4)21(16-19)23(32)27-13-8-9-14-28-24(33)35-18-20-10-6-5-7-11-20/h5-7,10-11,19,21H,8-9,12-18H2,1-4H3,(H,27,32)(H,28,33)(H,29,34)/t19-,21-/m0/s1. The number of hydrogen-bond donors (Lipinski definition) is 3. The number of rotatable bonds is 10. The fourth-order valence-corrected chi connectivity index (χ4v) is 3.80. The summed E-state index contributed by atoms with van der Waals surface area (Å²) in [6, 6.07) is 8.86. The fourth-order valence-electron chi connectivity index (χ4n) is 3.80. The summed E-state index contributed by atoms with van der Waals surface area (Å²) in [5.74, 6) is -0.205. The van der Waals surface area contributed by atoms with E-state index in [1.54, 1.807) is 20.8 Å². The van der Waals surface area contributed by atoms with E-state index >= 15 is 0 Å². The molecule has 2 rings (SSSR count). The minimum Gasteiger partial charge on any atom is -0.445 e. The van der Waals surface area contributed by atoms with E-state index in [9.17, 15) is 19.2 Å². The molecular formula is C26H40N4O6. The molecule has 1 aliphatic rings. The van der Waals surface area contributed by atoms with E-state index in [1.165, 1.54) is 4.90 Å². The predicted molar refractivity (Wildman–Crippen MR) is 135 cm³/mol. The van der Waals surface area contributed by atoms with Gasteiger partial charge in [-0.15, -0.1) is 0 Å². The molecule has 10 nitrogen and oxygen atoms in total. The molecule has 0 unspecified atom stereocenters. The Bertz CT molecular complexity index is 871. The number of piperidine rings is 1. The van der Waals surface area contributed by atoms with Crippen LogP contribution in [0.4, 0.5) is 9.59 Å². The van der Waals surface area contributed by atoms with Crippen molar-refractivity contribution in [1.29, 1.82) is 0 Å². The summed E-state index contributed by atoms with van der Waals surface area (Å²) in [6.45, 7) is 8.61. The lowest BCUT2D eigenvalue weighted by molar-refractivity contribution is -0.142. The van der Waals surface area contributed by atoms with Gasteiger partial charge in [0.05, 0.1) is 0 Å². The van der Waals surface area contributed by atoms with Crippen LogP contribution >= 0.6 is 0 Å². The molecule has 0 spiro atoms. The van der Waals surface area contributed by atoms with Crippen LogP contribution in [0.1, 0.15) is 58.9 Å². The van der Waals surface area contributed by atoms with Crippen molar-refractivity contribution in [2.75, 3.05) is 26.2 Å². The number of unbranched alkanes of at least 4 members (excludes halogenated alkanes) is 1. The zero-order valence-corrected chi connectivity index (χ0v) is 21.8. The normalized spacial score (nSPS) is 17.6. The van der Waals surface area contributed by atoms with Gasteiger partial charge in [0, 0.05) is 19.6 Å². The molecule has 0 bridgehead atoms. The second-order valence-corrected chi connectivity index (χ2v) is 10.1. The topological polar surface area (TPSA) is 126 Å². The summed E-state index contributed by atoms with van der Waals surface area (Å²) in [5.41, 5.74) is 0.259. The van der Waals surface area contributed by atoms with Gasteiger partial charge in [-0.2, -0.15) is 0 Å². The van der Waals surface area contributed by atoms with Crippen molar-refractivity contribution in [2.24, 2.45) is 5.92 Å². The highest BCUT2D eigenvalue weighted by Crippen LogP contribution is 2.23. The molecule has 0 aliphatic carbocycles. The average molecular weight is 505 g/mol. The third-order valence-electron chi connectivity index (χ3n) is 5.66. The molecule has 200 valence electrons. The molecule has 4 amide bonds. The van der Waals surface area contributed by atoms with Crippen molar-refractivity contribution < 1.29 is 28.7 Å². The number of likely N-dealkylation sites (tertiary alicyclic amines) is 1. The van der Waals surface area contributed by atoms with Crippen LogP contribution < -0.4 is 16.0 Å². The second kappa shape index (κ2) is 14.3. The van der Waals surface area contributed by atoms with Crippen LogP contribution in [0.15, 0.2) is 30.3 Å². The van der Waals surface area contributed by atoms with Gasteiger partial charge in [0.2, 0.25) is 11.8 Å². The smallest absolute Gasteiger partial charge is 0.408 e. The maximum absolute atomic E-state index is 12.8. The van der Waals surface area contributed by atoms with E-state index in [4.69, 9.17) is 9.47 Å². The van der Waals surface area contributed by atoms with Crippen molar-refractivity contribution in [3.8, 4) is 0 Å². The zero-order valence-electron chi connectivity index (χ0n) is 21.8. The Balaban J connectivity index is 1.68. The lowest BCUT2D eigenvalue weighted by Crippen LogP contribution is -2.55. The number of amides is 4. The Hall–Kier alpha value is -3.30. The monoisotopic (exact) mass is 504 g/mol. The van der Waals surface area contributed by atoms with E-state index in [2.05, 4.69) is 22.9 Å². The number of carbonyl (C=O) groups excluding carboxylic acids is 4. The maximum Gasteiger partial charge on any atom is 0.408 e. The second-order valence-electron chi connectivity index (χ2n) is 10.1. The molecule has 1 aliphatic heterocycles. The highest BCUT2D eigenvalue weighted by Gasteiger charge is 2.34. The number of hydrogen-bond acceptors (Lipinski definition) is 6. The van der Waals surface area contributed by atoms with E-state index < -0.39 is 23.8 Å². The first-order valence-corrected chi connectivity index (χ1v) is 12.5. The molecule has 1 saturated heterocycles. The Labute approximate surface area is 213 Å². The fraction of sp³-hybridized carbons (Fsp3) is 0.615. The predicted octanol–water partition coefficient (Wildman–Crippen LogP) is 2.96. The van der Waals surface area contributed by atoms with Crippen LogP contribution in [0.5, 0.6) is 0 Å². The summed E-state index contributed by atoms with van der Waals surface area (Å²) < 4.78 is 10.3. The highest BCUT2D eigenvalue weighted by atomic mass is 16.6. The first-order valence-electron chi connectivity index (χ1n) is 12.5. The number of carbonyl (C=O) groups is 4. The van der Waals surface area contributed by atoms with Crippen LogP contribution in [-0.2, 0) is 25.7 Å². The Morgan fingerprint density at radius 2 is 1.64 bits per heavy atom. The van der Waals surface area contributed by atoms with Crippen LogP contribution in [-0.4, -0.2) is 66.7 Å². The lowest BCUT2D eigenvalue weighted by Gasteiger charge is -2.37. The van der Waals surface area contributed by atoms with Gasteiger partial charge in [-0.25, -0.2) is 9.59 Å². The molecule has 0 radical (unpaired) electrons. The minimum absolute atomic E-state index is 0.206. The number of nitrogens with one attached hydrogen (secondary N) is 3. The Morgan fingerprint density at radius 1 is 0.972 bits per heavy atom. The van der Waals surface area contributed by atoms with Gasteiger partial charge >= 0.3 is 12.2 Å². The van der Waals surface area contributed by atoms with Gasteiger partial charge in [-0.05, 0) is 57.9 Å². The molecule has 10 heteroatoms. The van der Waals surface area contributed by atoms with Gasteiger partial charge in [0.15, 0.2) is 0 Å². The zero-order chi connectivity index (χ0) is 26.6. The SMILES string of the molecule is C[C@H]1CCN(C(=O)CNC(=O)OC(C)(C)C)[C@H](C(=O)NCCCCNC(=O)OCc2ccccc2)C1. The third kappa shape index (κ3) is 11.0. The van der Waals surface area contributed by atoms with E-state index in [-0.39, 0.29) is 25.0 Å². The molecule has 3 N–H and O–H groups in total. The van der Waals surface area contributed by atoms with E-state index in [0.29, 0.717) is 44.8 Å². The lowest BCUT2D eigenvalue weighted by atomic mass is 9.91. The highest BCUT2D eigenvalue weighted by molar-refractivity contribution is 5.89. The minimum atomic E-state index is -0.667. The molecule has 1 aromatic rings.